The summed E-state index contributed by atoms with van der Waals surface area (Å²) in [7, 11) is -2.08. The quantitative estimate of drug-likeness (QED) is 0.442. The summed E-state index contributed by atoms with van der Waals surface area (Å²) in [6, 6.07) is 11.7. The van der Waals surface area contributed by atoms with Gasteiger partial charge in [-0.25, -0.2) is 12.8 Å². The number of sulfonamides is 1. The molecule has 0 aliphatic carbocycles. The van der Waals surface area contributed by atoms with Crippen LogP contribution in [0.5, 0.6) is 5.75 Å². The van der Waals surface area contributed by atoms with Gasteiger partial charge in [-0.2, -0.15) is 0 Å². The van der Waals surface area contributed by atoms with E-state index in [9.17, 15) is 22.4 Å². The second-order valence-corrected chi connectivity index (χ2v) is 11.9. The van der Waals surface area contributed by atoms with Crippen LogP contribution in [-0.2, 0) is 26.2 Å². The molecule has 0 spiro atoms. The van der Waals surface area contributed by atoms with Crippen molar-refractivity contribution in [3.8, 4) is 5.75 Å². The van der Waals surface area contributed by atoms with Crippen LogP contribution in [0.4, 0.5) is 10.1 Å². The third-order valence-corrected chi connectivity index (χ3v) is 6.86. The fraction of sp³-hybridized carbons (Fsp3) is 0.481. The minimum Gasteiger partial charge on any atom is -0.497 e. The van der Waals surface area contributed by atoms with Gasteiger partial charge in [-0.15, -0.1) is 0 Å². The number of ether oxygens (including phenoxy) is 1. The van der Waals surface area contributed by atoms with Crippen LogP contribution in [0.25, 0.3) is 0 Å². The minimum absolute atomic E-state index is 0.0304. The molecule has 0 saturated carbocycles. The van der Waals surface area contributed by atoms with E-state index >= 15 is 0 Å². The van der Waals surface area contributed by atoms with Crippen LogP contribution < -0.4 is 14.4 Å². The van der Waals surface area contributed by atoms with E-state index in [0.717, 1.165) is 16.1 Å². The van der Waals surface area contributed by atoms with Crippen molar-refractivity contribution >= 4 is 27.5 Å². The number of amides is 2. The van der Waals surface area contributed by atoms with Gasteiger partial charge in [-0.05, 0) is 75.6 Å². The lowest BCUT2D eigenvalue weighted by atomic mass is 10.0. The van der Waals surface area contributed by atoms with E-state index in [1.807, 2.05) is 39.8 Å². The molecule has 0 radical (unpaired) electrons. The van der Waals surface area contributed by atoms with E-state index in [1.54, 1.807) is 24.1 Å². The van der Waals surface area contributed by atoms with Gasteiger partial charge in [-0.3, -0.25) is 13.9 Å². The summed E-state index contributed by atoms with van der Waals surface area (Å²) in [5, 5.41) is 2.96. The van der Waals surface area contributed by atoms with Crippen LogP contribution in [0.2, 0.25) is 0 Å². The molecule has 0 aliphatic rings. The fourth-order valence-corrected chi connectivity index (χ4v) is 4.88. The molecule has 8 nitrogen and oxygen atoms in total. The van der Waals surface area contributed by atoms with Gasteiger partial charge in [0, 0.05) is 25.0 Å². The molecule has 2 aromatic rings. The Hall–Kier alpha value is -3.14. The lowest BCUT2D eigenvalue weighted by Crippen LogP contribution is -2.53. The average Bonchev–Trinajstić information content (AvgIpc) is 2.81. The zero-order valence-corrected chi connectivity index (χ0v) is 23.3. The highest BCUT2D eigenvalue weighted by atomic mass is 32.2. The zero-order valence-electron chi connectivity index (χ0n) is 22.5. The van der Waals surface area contributed by atoms with Crippen LogP contribution in [0, 0.1) is 5.82 Å². The van der Waals surface area contributed by atoms with E-state index in [4.69, 9.17) is 4.74 Å². The maximum absolute atomic E-state index is 13.5. The smallest absolute Gasteiger partial charge is 0.243 e. The molecule has 0 bridgehead atoms. The number of benzene rings is 2. The van der Waals surface area contributed by atoms with Crippen molar-refractivity contribution in [3.63, 3.8) is 0 Å². The Morgan fingerprint density at radius 1 is 1.05 bits per heavy atom. The number of hydrogen-bond acceptors (Lipinski definition) is 5. The summed E-state index contributed by atoms with van der Waals surface area (Å²) < 4.78 is 44.4. The fourth-order valence-electron chi connectivity index (χ4n) is 3.91. The number of halogens is 1. The Bertz CT molecular complexity index is 1150. The Kier molecular flexibility index (Phi) is 10.5. The summed E-state index contributed by atoms with van der Waals surface area (Å²) in [5.74, 6) is -0.304. The van der Waals surface area contributed by atoms with Gasteiger partial charge in [0.05, 0.1) is 19.1 Å². The number of nitrogens with zero attached hydrogens (tertiary/aromatic N) is 2. The molecule has 2 aromatic carbocycles. The lowest BCUT2D eigenvalue weighted by molar-refractivity contribution is -0.142. The largest absolute Gasteiger partial charge is 0.497 e. The zero-order chi connectivity index (χ0) is 27.8. The van der Waals surface area contributed by atoms with Crippen LogP contribution in [0.1, 0.15) is 52.5 Å². The van der Waals surface area contributed by atoms with Crippen molar-refractivity contribution in [1.29, 1.82) is 0 Å². The Balaban J connectivity index is 2.23. The van der Waals surface area contributed by atoms with Crippen molar-refractivity contribution in [2.24, 2.45) is 0 Å². The SMILES string of the molecule is CC[C@@H](C(=O)NC(C)(C)C)N(Cc1ccc(OC)cc1)C(=O)CCCN(c1ccc(F)cc1)S(C)(=O)=O. The number of carbonyl (C=O) groups excluding carboxylic acids is 2. The average molecular weight is 536 g/mol. The first-order valence-corrected chi connectivity index (χ1v) is 14.1. The molecule has 0 unspecified atom stereocenters. The Labute approximate surface area is 219 Å². The third-order valence-electron chi connectivity index (χ3n) is 5.66. The van der Waals surface area contributed by atoms with E-state index in [0.29, 0.717) is 17.9 Å². The molecule has 0 aliphatic heterocycles. The first-order chi connectivity index (χ1) is 17.2. The molecule has 2 rings (SSSR count). The number of rotatable bonds is 12. The van der Waals surface area contributed by atoms with Crippen LogP contribution in [0.15, 0.2) is 48.5 Å². The van der Waals surface area contributed by atoms with Crippen molar-refractivity contribution in [2.45, 2.75) is 65.1 Å². The molecule has 204 valence electrons. The van der Waals surface area contributed by atoms with Crippen molar-refractivity contribution in [1.82, 2.24) is 10.2 Å². The summed E-state index contributed by atoms with van der Waals surface area (Å²) >= 11 is 0. The maximum atomic E-state index is 13.5. The summed E-state index contributed by atoms with van der Waals surface area (Å²) in [4.78, 5) is 28.1. The highest BCUT2D eigenvalue weighted by Crippen LogP contribution is 2.21. The molecule has 1 atom stereocenters. The first-order valence-electron chi connectivity index (χ1n) is 12.2. The van der Waals surface area contributed by atoms with Crippen LogP contribution in [0.3, 0.4) is 0 Å². The van der Waals surface area contributed by atoms with Gasteiger partial charge >= 0.3 is 0 Å². The topological polar surface area (TPSA) is 96.0 Å². The third kappa shape index (κ3) is 9.35. The molecule has 10 heteroatoms. The van der Waals surface area contributed by atoms with Gasteiger partial charge in [0.15, 0.2) is 0 Å². The normalized spacial score (nSPS) is 12.5. The van der Waals surface area contributed by atoms with E-state index in [1.165, 1.54) is 24.3 Å². The van der Waals surface area contributed by atoms with Gasteiger partial charge in [-0.1, -0.05) is 19.1 Å². The van der Waals surface area contributed by atoms with Crippen LogP contribution >= 0.6 is 0 Å². The van der Waals surface area contributed by atoms with Gasteiger partial charge in [0.25, 0.3) is 0 Å². The van der Waals surface area contributed by atoms with Crippen LogP contribution in [-0.4, -0.2) is 56.6 Å². The predicted octanol–water partition coefficient (Wildman–Crippen LogP) is 4.10. The number of anilines is 1. The number of methoxy groups -OCH3 is 1. The van der Waals surface area contributed by atoms with Crippen molar-refractivity contribution in [2.75, 3.05) is 24.2 Å². The second-order valence-electron chi connectivity index (χ2n) is 9.95. The Morgan fingerprint density at radius 3 is 2.14 bits per heavy atom. The molecular formula is C27H38FN3O5S. The summed E-state index contributed by atoms with van der Waals surface area (Å²) in [6.45, 7) is 7.73. The number of hydrogen-bond donors (Lipinski definition) is 1. The highest BCUT2D eigenvalue weighted by Gasteiger charge is 2.30. The molecule has 0 heterocycles. The lowest BCUT2D eigenvalue weighted by Gasteiger charge is -2.33. The molecule has 0 aromatic heterocycles. The molecule has 1 N–H and O–H groups in total. The molecular weight excluding hydrogens is 497 g/mol. The molecule has 0 saturated heterocycles. The van der Waals surface area contributed by atoms with Crippen molar-refractivity contribution < 1.29 is 27.1 Å². The van der Waals surface area contributed by atoms with Crippen molar-refractivity contribution in [3.05, 3.63) is 59.9 Å². The van der Waals surface area contributed by atoms with Gasteiger partial charge in [0.2, 0.25) is 21.8 Å². The first kappa shape index (κ1) is 30.1. The Morgan fingerprint density at radius 2 is 1.65 bits per heavy atom. The molecule has 0 fully saturated rings. The van der Waals surface area contributed by atoms with Gasteiger partial charge < -0.3 is 15.0 Å². The minimum atomic E-state index is -3.65. The predicted molar refractivity (Wildman–Crippen MR) is 143 cm³/mol. The monoisotopic (exact) mass is 535 g/mol. The number of carbonyl (C=O) groups is 2. The summed E-state index contributed by atoms with van der Waals surface area (Å²) in [5.41, 5.74) is 0.687. The number of nitrogens with one attached hydrogen (secondary N) is 1. The molecule has 2 amide bonds. The van der Waals surface area contributed by atoms with E-state index in [-0.39, 0.29) is 37.7 Å². The van der Waals surface area contributed by atoms with E-state index in [2.05, 4.69) is 5.32 Å². The molecule has 37 heavy (non-hydrogen) atoms. The maximum Gasteiger partial charge on any atom is 0.243 e. The standard InChI is InChI=1S/C27H38FN3O5S/c1-7-24(26(33)29-27(2,3)4)30(19-20-10-16-23(36-5)17-11-20)25(32)9-8-18-31(37(6,34)35)22-14-12-21(28)13-15-22/h10-17,24H,7-9,18-19H2,1-6H3,(H,29,33)/t24-/m0/s1. The highest BCUT2D eigenvalue weighted by molar-refractivity contribution is 7.92. The summed E-state index contributed by atoms with van der Waals surface area (Å²) in [6.07, 6.45) is 1.73. The van der Waals surface area contributed by atoms with Gasteiger partial charge in [0.1, 0.15) is 17.6 Å². The van der Waals surface area contributed by atoms with E-state index < -0.39 is 27.4 Å². The second kappa shape index (κ2) is 12.9.